The first-order valence-electron chi connectivity index (χ1n) is 10.0. The summed E-state index contributed by atoms with van der Waals surface area (Å²) in [5.74, 6) is -0.132. The maximum atomic E-state index is 13.1. The van der Waals surface area contributed by atoms with Crippen LogP contribution in [0.5, 0.6) is 5.75 Å². The Morgan fingerprint density at radius 1 is 1.14 bits per heavy atom. The van der Waals surface area contributed by atoms with Gasteiger partial charge in [-0.05, 0) is 62.1 Å². The highest BCUT2D eigenvalue weighted by atomic mass is 16.3. The molecule has 1 atom stereocenters. The van der Waals surface area contributed by atoms with Gasteiger partial charge in [-0.1, -0.05) is 30.3 Å². The van der Waals surface area contributed by atoms with Crippen molar-refractivity contribution in [3.8, 4) is 5.75 Å². The average Bonchev–Trinajstić information content (AvgIpc) is 3.10. The molecule has 0 bridgehead atoms. The number of fused-ring (bicyclic) bond motifs is 5. The van der Waals surface area contributed by atoms with E-state index in [9.17, 15) is 9.90 Å². The molecule has 1 unspecified atom stereocenters. The first-order valence-corrected chi connectivity index (χ1v) is 10.0. The molecule has 0 amide bonds. The number of hydrogen-bond donors (Lipinski definition) is 2. The van der Waals surface area contributed by atoms with Crippen LogP contribution in [0, 0.1) is 6.92 Å². The van der Waals surface area contributed by atoms with E-state index >= 15 is 0 Å². The van der Waals surface area contributed by atoms with Gasteiger partial charge in [0.1, 0.15) is 5.75 Å². The Labute approximate surface area is 170 Å². The van der Waals surface area contributed by atoms with Crippen LogP contribution in [0.15, 0.2) is 65.9 Å². The number of aromatic amines is 1. The Morgan fingerprint density at radius 2 is 1.93 bits per heavy atom. The monoisotopic (exact) mass is 384 g/mol. The minimum Gasteiger partial charge on any atom is -0.507 e. The van der Waals surface area contributed by atoms with E-state index in [2.05, 4.69) is 48.9 Å². The van der Waals surface area contributed by atoms with Crippen LogP contribution in [0.4, 0.5) is 0 Å². The van der Waals surface area contributed by atoms with Crippen LogP contribution in [-0.4, -0.2) is 27.3 Å². The second-order valence-corrected chi connectivity index (χ2v) is 8.25. The summed E-state index contributed by atoms with van der Waals surface area (Å²) in [6.45, 7) is 7.29. The molecule has 5 rings (SSSR count). The zero-order valence-electron chi connectivity index (χ0n) is 16.9. The van der Waals surface area contributed by atoms with Gasteiger partial charge in [-0.2, -0.15) is 0 Å². The molecule has 0 saturated carbocycles. The molecule has 3 aromatic rings. The standard InChI is InChI=1S/C25H24N2O2/c1-15-7-6-9-18-19-11-12-27-14-17(23(29)20-8-4-5-10-21(20)28)13-16(2)25(27,3)24(19)26-22(15)18/h4-10,13-14,26,28H,11-12H2,1-3H3. The number of allylic oxidation sites excluding steroid dienone is 2. The van der Waals surface area contributed by atoms with Crippen LogP contribution in [0.25, 0.3) is 10.9 Å². The Hall–Kier alpha value is -3.27. The highest BCUT2D eigenvalue weighted by Crippen LogP contribution is 2.46. The largest absolute Gasteiger partial charge is 0.507 e. The molecule has 1 aromatic heterocycles. The predicted octanol–water partition coefficient (Wildman–Crippen LogP) is 4.98. The maximum Gasteiger partial charge on any atom is 0.198 e. The average molecular weight is 384 g/mol. The molecule has 0 saturated heterocycles. The van der Waals surface area contributed by atoms with E-state index in [1.807, 2.05) is 12.3 Å². The van der Waals surface area contributed by atoms with Crippen molar-refractivity contribution >= 4 is 16.7 Å². The predicted molar refractivity (Wildman–Crippen MR) is 115 cm³/mol. The van der Waals surface area contributed by atoms with Crippen LogP contribution in [-0.2, 0) is 12.0 Å². The molecule has 2 aromatic carbocycles. The van der Waals surface area contributed by atoms with Gasteiger partial charge >= 0.3 is 0 Å². The van der Waals surface area contributed by atoms with Gasteiger partial charge in [0.05, 0.1) is 11.1 Å². The first-order chi connectivity index (χ1) is 13.9. The quantitative estimate of drug-likeness (QED) is 0.613. The number of aromatic hydroxyl groups is 1. The van der Waals surface area contributed by atoms with Crippen molar-refractivity contribution in [2.45, 2.75) is 32.7 Å². The van der Waals surface area contributed by atoms with Crippen molar-refractivity contribution < 1.29 is 9.90 Å². The fourth-order valence-corrected chi connectivity index (χ4v) is 4.84. The minimum absolute atomic E-state index is 0.0183. The second-order valence-electron chi connectivity index (χ2n) is 8.25. The molecule has 146 valence electrons. The van der Waals surface area contributed by atoms with E-state index in [1.54, 1.807) is 24.3 Å². The summed E-state index contributed by atoms with van der Waals surface area (Å²) in [4.78, 5) is 19.0. The van der Waals surface area contributed by atoms with Gasteiger partial charge < -0.3 is 15.0 Å². The summed E-state index contributed by atoms with van der Waals surface area (Å²) in [6, 6.07) is 13.2. The summed E-state index contributed by atoms with van der Waals surface area (Å²) in [6.07, 6.45) is 4.86. The Bertz CT molecular complexity index is 1230. The third-order valence-electron chi connectivity index (χ3n) is 6.66. The summed E-state index contributed by atoms with van der Waals surface area (Å²) >= 11 is 0. The lowest BCUT2D eigenvalue weighted by molar-refractivity contribution is 0.102. The van der Waals surface area contributed by atoms with Gasteiger partial charge in [0.25, 0.3) is 0 Å². The van der Waals surface area contributed by atoms with Crippen molar-refractivity contribution in [1.82, 2.24) is 9.88 Å². The fraction of sp³-hybridized carbons (Fsp3) is 0.240. The van der Waals surface area contributed by atoms with Crippen molar-refractivity contribution in [2.24, 2.45) is 0 Å². The number of phenols is 1. The number of aromatic nitrogens is 1. The number of carbonyl (C=O) groups is 1. The molecule has 2 aliphatic rings. The molecule has 2 aliphatic heterocycles. The molecule has 2 N–H and O–H groups in total. The molecule has 0 radical (unpaired) electrons. The van der Waals surface area contributed by atoms with Crippen LogP contribution in [0.1, 0.15) is 41.0 Å². The maximum absolute atomic E-state index is 13.1. The van der Waals surface area contributed by atoms with Crippen molar-refractivity contribution in [3.63, 3.8) is 0 Å². The van der Waals surface area contributed by atoms with E-state index in [4.69, 9.17) is 0 Å². The van der Waals surface area contributed by atoms with E-state index in [-0.39, 0.29) is 17.1 Å². The molecule has 0 fully saturated rings. The number of nitrogens with one attached hydrogen (secondary N) is 1. The van der Waals surface area contributed by atoms with Crippen LogP contribution in [0.2, 0.25) is 0 Å². The number of para-hydroxylation sites is 2. The molecule has 29 heavy (non-hydrogen) atoms. The molecule has 4 heteroatoms. The molecule has 3 heterocycles. The number of hydrogen-bond acceptors (Lipinski definition) is 3. The van der Waals surface area contributed by atoms with Crippen LogP contribution < -0.4 is 0 Å². The van der Waals surface area contributed by atoms with Crippen molar-refractivity contribution in [1.29, 1.82) is 0 Å². The Morgan fingerprint density at radius 3 is 2.72 bits per heavy atom. The summed E-state index contributed by atoms with van der Waals surface area (Å²) in [5.41, 5.74) is 6.78. The van der Waals surface area contributed by atoms with Crippen LogP contribution >= 0.6 is 0 Å². The molecule has 0 spiro atoms. The highest BCUT2D eigenvalue weighted by Gasteiger charge is 2.43. The lowest BCUT2D eigenvalue weighted by Gasteiger charge is -2.47. The summed E-state index contributed by atoms with van der Waals surface area (Å²) in [5, 5.41) is 11.4. The number of Topliss-reactive ketones (excluding diaryl/α,β-unsaturated/α-hetero) is 1. The number of ketones is 1. The molecular weight excluding hydrogens is 360 g/mol. The Balaban J connectivity index is 1.62. The van der Waals surface area contributed by atoms with Gasteiger partial charge in [-0.25, -0.2) is 0 Å². The lowest BCUT2D eigenvalue weighted by atomic mass is 9.78. The highest BCUT2D eigenvalue weighted by molar-refractivity contribution is 6.12. The van der Waals surface area contributed by atoms with E-state index in [1.165, 1.54) is 27.7 Å². The van der Waals surface area contributed by atoms with Gasteiger partial charge in [0.15, 0.2) is 5.78 Å². The summed E-state index contributed by atoms with van der Waals surface area (Å²) in [7, 11) is 0. The Kier molecular flexibility index (Phi) is 3.75. The third kappa shape index (κ3) is 2.42. The number of phenolic OH excluding ortho intramolecular Hbond substituents is 1. The number of rotatable bonds is 2. The van der Waals surface area contributed by atoms with Gasteiger partial charge in [0, 0.05) is 34.9 Å². The normalized spacial score (nSPS) is 20.7. The zero-order chi connectivity index (χ0) is 20.3. The smallest absolute Gasteiger partial charge is 0.198 e. The first kappa shape index (κ1) is 17.8. The number of H-pyrrole nitrogens is 1. The van der Waals surface area contributed by atoms with E-state index in [0.29, 0.717) is 11.1 Å². The fourth-order valence-electron chi connectivity index (χ4n) is 4.84. The zero-order valence-corrected chi connectivity index (χ0v) is 16.9. The number of nitrogens with zero attached hydrogens (tertiary/aromatic N) is 1. The molecule has 4 nitrogen and oxygen atoms in total. The van der Waals surface area contributed by atoms with E-state index in [0.717, 1.165) is 18.5 Å². The van der Waals surface area contributed by atoms with Gasteiger partial charge in [-0.3, -0.25) is 4.79 Å². The topological polar surface area (TPSA) is 56.3 Å². The number of aryl methyl sites for hydroxylation is 1. The van der Waals surface area contributed by atoms with E-state index < -0.39 is 0 Å². The number of benzene rings is 2. The SMILES string of the molecule is CC1=CC(C(=O)c2ccccc2O)=CN2CCc3c([nH]c4c(C)cccc34)C12C. The van der Waals surface area contributed by atoms with Crippen molar-refractivity contribution in [3.05, 3.63) is 88.3 Å². The molecular formula is C25H24N2O2. The number of carbonyl (C=O) groups excluding carboxylic acids is 1. The van der Waals surface area contributed by atoms with Crippen LogP contribution in [0.3, 0.4) is 0 Å². The van der Waals surface area contributed by atoms with Crippen molar-refractivity contribution in [2.75, 3.05) is 6.54 Å². The lowest BCUT2D eigenvalue weighted by Crippen LogP contribution is -2.48. The van der Waals surface area contributed by atoms with Gasteiger partial charge in [0.2, 0.25) is 0 Å². The molecule has 0 aliphatic carbocycles. The second kappa shape index (κ2) is 6.11. The minimum atomic E-state index is -0.318. The summed E-state index contributed by atoms with van der Waals surface area (Å²) < 4.78 is 0. The third-order valence-corrected chi connectivity index (χ3v) is 6.66. The van der Waals surface area contributed by atoms with Gasteiger partial charge in [-0.15, -0.1) is 0 Å².